The first kappa shape index (κ1) is 16.3. The predicted molar refractivity (Wildman–Crippen MR) is 94.0 cm³/mol. The Morgan fingerprint density at radius 3 is 2.58 bits per heavy atom. The largest absolute Gasteiger partial charge is 0.493 e. The van der Waals surface area contributed by atoms with Crippen LogP contribution in [0.3, 0.4) is 0 Å². The van der Waals surface area contributed by atoms with Crippen molar-refractivity contribution in [3.05, 3.63) is 42.5 Å². The van der Waals surface area contributed by atoms with Crippen molar-refractivity contribution in [2.45, 2.75) is 19.4 Å². The number of hydrogen-bond donors (Lipinski definition) is 1. The van der Waals surface area contributed by atoms with Gasteiger partial charge in [0.15, 0.2) is 17.1 Å². The Morgan fingerprint density at radius 1 is 1.17 bits per heavy atom. The van der Waals surface area contributed by atoms with E-state index in [1.165, 1.54) is 21.0 Å². The first-order chi connectivity index (χ1) is 11.4. The van der Waals surface area contributed by atoms with Crippen LogP contribution in [-0.4, -0.2) is 28.8 Å². The fourth-order valence-electron chi connectivity index (χ4n) is 2.20. The SMILES string of the molecule is COc1cc(-c2nc3ccccc3s2)ccc1OC(C)(C)C(=O)O. The number of benzene rings is 2. The lowest BCUT2D eigenvalue weighted by molar-refractivity contribution is -0.152. The normalized spacial score (nSPS) is 11.5. The maximum absolute atomic E-state index is 11.2. The summed E-state index contributed by atoms with van der Waals surface area (Å²) in [7, 11) is 1.53. The summed E-state index contributed by atoms with van der Waals surface area (Å²) < 4.78 is 12.1. The molecular weight excluding hydrogens is 326 g/mol. The number of ether oxygens (including phenoxy) is 2. The van der Waals surface area contributed by atoms with Crippen molar-refractivity contribution in [2.75, 3.05) is 7.11 Å². The van der Waals surface area contributed by atoms with E-state index in [2.05, 4.69) is 4.98 Å². The predicted octanol–water partition coefficient (Wildman–Crippen LogP) is 4.21. The number of carbonyl (C=O) groups is 1. The number of nitrogens with zero attached hydrogens (tertiary/aromatic N) is 1. The molecule has 0 saturated heterocycles. The van der Waals surface area contributed by atoms with Gasteiger partial charge in [0, 0.05) is 5.56 Å². The Balaban J connectivity index is 1.98. The minimum absolute atomic E-state index is 0.384. The van der Waals surface area contributed by atoms with Crippen molar-refractivity contribution >= 4 is 27.5 Å². The van der Waals surface area contributed by atoms with Crippen LogP contribution in [0, 0.1) is 0 Å². The van der Waals surface area contributed by atoms with Crippen LogP contribution < -0.4 is 9.47 Å². The monoisotopic (exact) mass is 343 g/mol. The zero-order chi connectivity index (χ0) is 17.3. The third-order valence-corrected chi connectivity index (χ3v) is 4.67. The second-order valence-corrected chi connectivity index (χ2v) is 6.80. The molecule has 5 nitrogen and oxygen atoms in total. The van der Waals surface area contributed by atoms with Crippen LogP contribution in [-0.2, 0) is 4.79 Å². The molecule has 6 heteroatoms. The minimum atomic E-state index is -1.34. The molecular formula is C18H17NO4S. The Bertz CT molecular complexity index is 868. The molecule has 1 aromatic heterocycles. The van der Waals surface area contributed by atoms with Gasteiger partial charge in [0.2, 0.25) is 0 Å². The Morgan fingerprint density at radius 2 is 1.92 bits per heavy atom. The van der Waals surface area contributed by atoms with Crippen LogP contribution in [0.4, 0.5) is 0 Å². The van der Waals surface area contributed by atoms with Gasteiger partial charge >= 0.3 is 5.97 Å². The van der Waals surface area contributed by atoms with Crippen molar-refractivity contribution in [1.82, 2.24) is 4.98 Å². The number of methoxy groups -OCH3 is 1. The first-order valence-electron chi connectivity index (χ1n) is 7.37. The Hall–Kier alpha value is -2.60. The summed E-state index contributed by atoms with van der Waals surface area (Å²) in [6, 6.07) is 13.3. The molecule has 3 rings (SSSR count). The molecule has 0 amide bonds. The summed E-state index contributed by atoms with van der Waals surface area (Å²) >= 11 is 1.59. The minimum Gasteiger partial charge on any atom is -0.493 e. The molecule has 0 atom stereocenters. The van der Waals surface area contributed by atoms with Crippen LogP contribution in [0.15, 0.2) is 42.5 Å². The van der Waals surface area contributed by atoms with Crippen molar-refractivity contribution in [2.24, 2.45) is 0 Å². The van der Waals surface area contributed by atoms with Crippen molar-refractivity contribution in [3.63, 3.8) is 0 Å². The van der Waals surface area contributed by atoms with Gasteiger partial charge in [0.1, 0.15) is 5.01 Å². The van der Waals surface area contributed by atoms with Crippen LogP contribution in [0.5, 0.6) is 11.5 Å². The molecule has 24 heavy (non-hydrogen) atoms. The number of carboxylic acids is 1. The summed E-state index contributed by atoms with van der Waals surface area (Å²) in [5.41, 5.74) is 0.502. The second-order valence-electron chi connectivity index (χ2n) is 5.77. The third-order valence-electron chi connectivity index (χ3n) is 3.58. The molecule has 3 aromatic rings. The van der Waals surface area contributed by atoms with E-state index < -0.39 is 11.6 Å². The Kier molecular flexibility index (Phi) is 4.15. The highest BCUT2D eigenvalue weighted by atomic mass is 32.1. The number of aliphatic carboxylic acids is 1. The smallest absolute Gasteiger partial charge is 0.347 e. The molecule has 0 aliphatic rings. The van der Waals surface area contributed by atoms with Crippen LogP contribution in [0.1, 0.15) is 13.8 Å². The molecule has 0 unspecified atom stereocenters. The highest BCUT2D eigenvalue weighted by molar-refractivity contribution is 7.21. The first-order valence-corrected chi connectivity index (χ1v) is 8.19. The topological polar surface area (TPSA) is 68.7 Å². The summed E-state index contributed by atoms with van der Waals surface area (Å²) in [5, 5.41) is 10.1. The molecule has 1 N–H and O–H groups in total. The number of rotatable bonds is 5. The molecule has 0 saturated carbocycles. The molecule has 0 radical (unpaired) electrons. The lowest BCUT2D eigenvalue weighted by atomic mass is 10.1. The van der Waals surface area contributed by atoms with Gasteiger partial charge in [0.25, 0.3) is 0 Å². The van der Waals surface area contributed by atoms with E-state index in [9.17, 15) is 9.90 Å². The van der Waals surface area contributed by atoms with E-state index in [1.54, 1.807) is 17.4 Å². The van der Waals surface area contributed by atoms with Gasteiger partial charge in [-0.15, -0.1) is 11.3 Å². The summed E-state index contributed by atoms with van der Waals surface area (Å²) in [6.07, 6.45) is 0. The third kappa shape index (κ3) is 3.05. The van der Waals surface area contributed by atoms with Gasteiger partial charge in [-0.05, 0) is 44.2 Å². The van der Waals surface area contributed by atoms with Crippen LogP contribution >= 0.6 is 11.3 Å². The highest BCUT2D eigenvalue weighted by Gasteiger charge is 2.30. The average Bonchev–Trinajstić information content (AvgIpc) is 2.98. The summed E-state index contributed by atoms with van der Waals surface area (Å²) in [4.78, 5) is 15.9. The number of carboxylic acid groups (broad SMARTS) is 1. The van der Waals surface area contributed by atoms with Gasteiger partial charge in [-0.2, -0.15) is 0 Å². The zero-order valence-electron chi connectivity index (χ0n) is 13.6. The average molecular weight is 343 g/mol. The van der Waals surface area contributed by atoms with E-state index in [1.807, 2.05) is 36.4 Å². The summed E-state index contributed by atoms with van der Waals surface area (Å²) in [5.74, 6) is -0.185. The molecule has 1 heterocycles. The maximum atomic E-state index is 11.2. The van der Waals surface area contributed by atoms with Gasteiger partial charge in [-0.1, -0.05) is 12.1 Å². The van der Waals surface area contributed by atoms with Crippen LogP contribution in [0.25, 0.3) is 20.8 Å². The van der Waals surface area contributed by atoms with Gasteiger partial charge in [-0.25, -0.2) is 9.78 Å². The zero-order valence-corrected chi connectivity index (χ0v) is 14.4. The fraction of sp³-hybridized carbons (Fsp3) is 0.222. The fourth-order valence-corrected chi connectivity index (χ4v) is 3.16. The van der Waals surface area contributed by atoms with Crippen LogP contribution in [0.2, 0.25) is 0 Å². The molecule has 0 fully saturated rings. The van der Waals surface area contributed by atoms with E-state index in [-0.39, 0.29) is 0 Å². The highest BCUT2D eigenvalue weighted by Crippen LogP contribution is 2.37. The molecule has 124 valence electrons. The molecule has 0 aliphatic carbocycles. The van der Waals surface area contributed by atoms with Crippen molar-refractivity contribution < 1.29 is 19.4 Å². The Labute approximate surface area is 143 Å². The van der Waals surface area contributed by atoms with Crippen molar-refractivity contribution in [1.29, 1.82) is 0 Å². The number of fused-ring (bicyclic) bond motifs is 1. The lowest BCUT2D eigenvalue weighted by Gasteiger charge is -2.23. The standard InChI is InChI=1S/C18H17NO4S/c1-18(2,17(20)21)23-13-9-8-11(10-14(13)22-3)16-19-12-6-4-5-7-15(12)24-16/h4-10H,1-3H3,(H,20,21). The van der Waals surface area contributed by atoms with Gasteiger partial charge in [-0.3, -0.25) is 0 Å². The molecule has 0 bridgehead atoms. The molecule has 0 aliphatic heterocycles. The second kappa shape index (κ2) is 6.13. The van der Waals surface area contributed by atoms with E-state index >= 15 is 0 Å². The van der Waals surface area contributed by atoms with E-state index in [0.29, 0.717) is 11.5 Å². The number of para-hydroxylation sites is 1. The number of hydrogen-bond acceptors (Lipinski definition) is 5. The van der Waals surface area contributed by atoms with Gasteiger partial charge < -0.3 is 14.6 Å². The lowest BCUT2D eigenvalue weighted by Crippen LogP contribution is -2.37. The summed E-state index contributed by atoms with van der Waals surface area (Å²) in [6.45, 7) is 2.99. The number of aromatic nitrogens is 1. The molecule has 0 spiro atoms. The molecule has 2 aromatic carbocycles. The van der Waals surface area contributed by atoms with E-state index in [0.717, 1.165) is 20.8 Å². The number of thiazole rings is 1. The maximum Gasteiger partial charge on any atom is 0.347 e. The van der Waals surface area contributed by atoms with E-state index in [4.69, 9.17) is 9.47 Å². The quantitative estimate of drug-likeness (QED) is 0.751. The van der Waals surface area contributed by atoms with Gasteiger partial charge in [0.05, 0.1) is 17.3 Å². The van der Waals surface area contributed by atoms with Crippen molar-refractivity contribution in [3.8, 4) is 22.1 Å².